The molecule has 0 aromatic heterocycles. The minimum Gasteiger partial charge on any atom is -0.448 e. The van der Waals surface area contributed by atoms with E-state index in [1.54, 1.807) is 4.90 Å². The summed E-state index contributed by atoms with van der Waals surface area (Å²) in [6.45, 7) is 7.73. The van der Waals surface area contributed by atoms with Crippen molar-refractivity contribution in [3.8, 4) is 11.1 Å². The van der Waals surface area contributed by atoms with Gasteiger partial charge in [0.1, 0.15) is 6.61 Å². The number of aliphatic hydroxyl groups excluding tert-OH is 1. The van der Waals surface area contributed by atoms with E-state index in [0.717, 1.165) is 6.42 Å². The third-order valence-corrected chi connectivity index (χ3v) is 6.29. The zero-order valence-corrected chi connectivity index (χ0v) is 16.9. The molecule has 4 heteroatoms. The molecule has 1 fully saturated rings. The molecule has 0 unspecified atom stereocenters. The SMILES string of the molecule is CC(C)(C)[C@@H]1CCN(C(=O)OCC2c3ccccc3-c3ccccc32)C[C@H]1O. The van der Waals surface area contributed by atoms with E-state index in [2.05, 4.69) is 45.0 Å². The Morgan fingerprint density at radius 1 is 1.07 bits per heavy atom. The Hall–Kier alpha value is -2.33. The number of rotatable bonds is 2. The fraction of sp³-hybridized carbons (Fsp3) is 0.458. The highest BCUT2D eigenvalue weighted by molar-refractivity contribution is 5.79. The summed E-state index contributed by atoms with van der Waals surface area (Å²) in [5, 5.41) is 10.5. The first-order valence-corrected chi connectivity index (χ1v) is 10.1. The summed E-state index contributed by atoms with van der Waals surface area (Å²) in [5.41, 5.74) is 4.90. The number of fused-ring (bicyclic) bond motifs is 3. The van der Waals surface area contributed by atoms with Crippen LogP contribution in [0.1, 0.15) is 44.2 Å². The Labute approximate surface area is 167 Å². The van der Waals surface area contributed by atoms with Crippen LogP contribution in [-0.4, -0.2) is 41.9 Å². The number of β-amino-alcohol motifs (C(OH)–C–C–N with tert-alkyl or cyclic N) is 1. The first-order valence-electron chi connectivity index (χ1n) is 10.1. The maximum atomic E-state index is 12.7. The Morgan fingerprint density at radius 2 is 1.64 bits per heavy atom. The number of piperidine rings is 1. The molecule has 4 rings (SSSR count). The van der Waals surface area contributed by atoms with Crippen molar-refractivity contribution in [2.45, 2.75) is 39.2 Å². The van der Waals surface area contributed by atoms with E-state index in [9.17, 15) is 9.90 Å². The molecule has 0 saturated carbocycles. The standard InChI is InChI=1S/C24H29NO3/c1-24(2,3)21-12-13-25(14-22(21)26)23(27)28-15-20-18-10-6-4-8-16(18)17-9-5-7-11-19(17)20/h4-11,20-22,26H,12-15H2,1-3H3/t21-,22-/m1/s1. The first kappa shape index (κ1) is 19.0. The van der Waals surface area contributed by atoms with Gasteiger partial charge in [0.25, 0.3) is 0 Å². The lowest BCUT2D eigenvalue weighted by Crippen LogP contribution is -2.50. The zero-order chi connectivity index (χ0) is 19.9. The maximum absolute atomic E-state index is 12.7. The van der Waals surface area contributed by atoms with Gasteiger partial charge in [0.05, 0.1) is 12.6 Å². The summed E-state index contributed by atoms with van der Waals surface area (Å²) in [6, 6.07) is 16.7. The van der Waals surface area contributed by atoms with E-state index in [4.69, 9.17) is 4.74 Å². The molecule has 1 N–H and O–H groups in total. The number of amides is 1. The van der Waals surface area contributed by atoms with E-state index in [0.29, 0.717) is 19.7 Å². The van der Waals surface area contributed by atoms with Crippen LogP contribution in [0.3, 0.4) is 0 Å². The molecule has 1 aliphatic carbocycles. The highest BCUT2D eigenvalue weighted by Gasteiger charge is 2.38. The van der Waals surface area contributed by atoms with Crippen LogP contribution in [0.15, 0.2) is 48.5 Å². The van der Waals surface area contributed by atoms with Crippen molar-refractivity contribution in [1.29, 1.82) is 0 Å². The minimum absolute atomic E-state index is 0.0344. The van der Waals surface area contributed by atoms with Gasteiger partial charge in [-0.15, -0.1) is 0 Å². The van der Waals surface area contributed by atoms with Crippen molar-refractivity contribution >= 4 is 6.09 Å². The number of carbonyl (C=O) groups is 1. The quantitative estimate of drug-likeness (QED) is 0.825. The molecule has 0 radical (unpaired) electrons. The third-order valence-electron chi connectivity index (χ3n) is 6.29. The number of nitrogens with zero attached hydrogens (tertiary/aromatic N) is 1. The second-order valence-electron chi connectivity index (χ2n) is 9.08. The molecule has 2 aliphatic rings. The predicted octanol–water partition coefficient (Wildman–Crippen LogP) is 4.66. The van der Waals surface area contributed by atoms with Crippen molar-refractivity contribution in [1.82, 2.24) is 4.90 Å². The Kier molecular flexibility index (Phi) is 4.92. The lowest BCUT2D eigenvalue weighted by Gasteiger charge is -2.41. The molecule has 0 spiro atoms. The van der Waals surface area contributed by atoms with Crippen LogP contribution >= 0.6 is 0 Å². The Morgan fingerprint density at radius 3 is 2.18 bits per heavy atom. The molecule has 1 aliphatic heterocycles. The van der Waals surface area contributed by atoms with Gasteiger partial charge in [0.2, 0.25) is 0 Å². The summed E-state index contributed by atoms with van der Waals surface area (Å²) >= 11 is 0. The second-order valence-corrected chi connectivity index (χ2v) is 9.08. The van der Waals surface area contributed by atoms with Gasteiger partial charge in [-0.1, -0.05) is 69.3 Å². The number of aliphatic hydroxyl groups is 1. The summed E-state index contributed by atoms with van der Waals surface area (Å²) in [7, 11) is 0. The maximum Gasteiger partial charge on any atom is 0.409 e. The average Bonchev–Trinajstić information content (AvgIpc) is 2.99. The molecule has 148 valence electrons. The Bertz CT molecular complexity index is 825. The van der Waals surface area contributed by atoms with Gasteiger partial charge in [-0.05, 0) is 40.0 Å². The molecular weight excluding hydrogens is 350 g/mol. The number of hydrogen-bond donors (Lipinski definition) is 1. The molecule has 1 heterocycles. The fourth-order valence-corrected chi connectivity index (χ4v) is 4.79. The summed E-state index contributed by atoms with van der Waals surface area (Å²) in [4.78, 5) is 14.3. The smallest absolute Gasteiger partial charge is 0.409 e. The topological polar surface area (TPSA) is 49.8 Å². The van der Waals surface area contributed by atoms with Crippen molar-refractivity contribution in [3.63, 3.8) is 0 Å². The minimum atomic E-state index is -0.505. The van der Waals surface area contributed by atoms with Crippen molar-refractivity contribution in [3.05, 3.63) is 59.7 Å². The number of hydrogen-bond acceptors (Lipinski definition) is 3. The summed E-state index contributed by atoms with van der Waals surface area (Å²) in [6.07, 6.45) is -0.0306. The van der Waals surface area contributed by atoms with E-state index in [1.807, 2.05) is 24.3 Å². The Balaban J connectivity index is 1.43. The monoisotopic (exact) mass is 379 g/mol. The fourth-order valence-electron chi connectivity index (χ4n) is 4.79. The number of ether oxygens (including phenoxy) is 1. The van der Waals surface area contributed by atoms with Crippen LogP contribution in [-0.2, 0) is 4.74 Å². The van der Waals surface area contributed by atoms with Gasteiger partial charge in [-0.2, -0.15) is 0 Å². The molecule has 0 bridgehead atoms. The van der Waals surface area contributed by atoms with Gasteiger partial charge in [-0.3, -0.25) is 0 Å². The molecule has 4 nitrogen and oxygen atoms in total. The first-order chi connectivity index (χ1) is 13.4. The molecule has 2 aromatic rings. The third kappa shape index (κ3) is 3.42. The van der Waals surface area contributed by atoms with Crippen molar-refractivity contribution in [2.24, 2.45) is 11.3 Å². The van der Waals surface area contributed by atoms with Crippen LogP contribution in [0.2, 0.25) is 0 Å². The zero-order valence-electron chi connectivity index (χ0n) is 16.9. The van der Waals surface area contributed by atoms with Crippen molar-refractivity contribution < 1.29 is 14.6 Å². The van der Waals surface area contributed by atoms with Gasteiger partial charge >= 0.3 is 6.09 Å². The van der Waals surface area contributed by atoms with E-state index < -0.39 is 6.10 Å². The number of carbonyl (C=O) groups excluding carboxylic acids is 1. The van der Waals surface area contributed by atoms with Gasteiger partial charge < -0.3 is 14.7 Å². The molecule has 2 aromatic carbocycles. The highest BCUT2D eigenvalue weighted by atomic mass is 16.6. The molecular formula is C24H29NO3. The number of likely N-dealkylation sites (tertiary alicyclic amines) is 1. The average molecular weight is 380 g/mol. The molecule has 1 amide bonds. The van der Waals surface area contributed by atoms with Gasteiger partial charge in [0, 0.05) is 12.5 Å². The molecule has 28 heavy (non-hydrogen) atoms. The van der Waals surface area contributed by atoms with Crippen LogP contribution in [0.5, 0.6) is 0 Å². The highest BCUT2D eigenvalue weighted by Crippen LogP contribution is 2.44. The van der Waals surface area contributed by atoms with E-state index in [-0.39, 0.29) is 23.3 Å². The normalized spacial score (nSPS) is 21.9. The van der Waals surface area contributed by atoms with Crippen LogP contribution in [0, 0.1) is 11.3 Å². The van der Waals surface area contributed by atoms with Crippen LogP contribution < -0.4 is 0 Å². The van der Waals surface area contributed by atoms with Crippen LogP contribution in [0.25, 0.3) is 11.1 Å². The van der Waals surface area contributed by atoms with Crippen LogP contribution in [0.4, 0.5) is 4.79 Å². The number of benzene rings is 2. The summed E-state index contributed by atoms with van der Waals surface area (Å²) < 4.78 is 5.72. The lowest BCUT2D eigenvalue weighted by atomic mass is 9.74. The largest absolute Gasteiger partial charge is 0.448 e. The van der Waals surface area contributed by atoms with Gasteiger partial charge in [-0.25, -0.2) is 4.79 Å². The van der Waals surface area contributed by atoms with E-state index >= 15 is 0 Å². The molecule has 2 atom stereocenters. The lowest BCUT2D eigenvalue weighted by molar-refractivity contribution is -0.0238. The molecule has 1 saturated heterocycles. The van der Waals surface area contributed by atoms with Crippen molar-refractivity contribution in [2.75, 3.05) is 19.7 Å². The second kappa shape index (κ2) is 7.25. The van der Waals surface area contributed by atoms with Gasteiger partial charge in [0.15, 0.2) is 0 Å². The predicted molar refractivity (Wildman–Crippen MR) is 110 cm³/mol. The summed E-state index contributed by atoms with van der Waals surface area (Å²) in [5.74, 6) is 0.263. The van der Waals surface area contributed by atoms with E-state index in [1.165, 1.54) is 22.3 Å².